The van der Waals surface area contributed by atoms with Gasteiger partial charge in [0.1, 0.15) is 0 Å². The second-order valence-corrected chi connectivity index (χ2v) is 5.55. The molecule has 0 saturated carbocycles. The number of hydrogen-bond acceptors (Lipinski definition) is 2. The first-order valence-corrected chi connectivity index (χ1v) is 7.20. The van der Waals surface area contributed by atoms with E-state index >= 15 is 0 Å². The van der Waals surface area contributed by atoms with Gasteiger partial charge in [-0.25, -0.2) is 0 Å². The fourth-order valence-electron chi connectivity index (χ4n) is 2.45. The van der Waals surface area contributed by atoms with E-state index in [1.165, 1.54) is 0 Å². The number of aromatic nitrogens is 1. The van der Waals surface area contributed by atoms with Crippen LogP contribution in [0.15, 0.2) is 57.8 Å². The van der Waals surface area contributed by atoms with Crippen molar-refractivity contribution in [1.82, 2.24) is 4.57 Å². The average Bonchev–Trinajstić information content (AvgIpc) is 2.53. The summed E-state index contributed by atoms with van der Waals surface area (Å²) in [5.41, 5.74) is 3.18. The van der Waals surface area contributed by atoms with Crippen LogP contribution in [0.4, 0.5) is 0 Å². The standard InChI is InChI=1S/C17H11BrN2O/c1-20-14-5-3-2-4-13(14)15(16(18)17(20)21)12-8-6-11(10-19)7-9-12/h2-9H,1H3. The highest BCUT2D eigenvalue weighted by Crippen LogP contribution is 2.33. The van der Waals surface area contributed by atoms with Crippen molar-refractivity contribution in [3.05, 3.63) is 68.9 Å². The lowest BCUT2D eigenvalue weighted by Gasteiger charge is -2.12. The topological polar surface area (TPSA) is 45.8 Å². The minimum atomic E-state index is -0.0759. The van der Waals surface area contributed by atoms with Gasteiger partial charge in [-0.15, -0.1) is 0 Å². The predicted octanol–water partition coefficient (Wildman–Crippen LogP) is 3.84. The summed E-state index contributed by atoms with van der Waals surface area (Å²) >= 11 is 3.43. The van der Waals surface area contributed by atoms with Crippen molar-refractivity contribution < 1.29 is 0 Å². The average molecular weight is 339 g/mol. The molecule has 0 unspecified atom stereocenters. The second kappa shape index (κ2) is 5.19. The molecule has 0 aliphatic heterocycles. The Bertz CT molecular complexity index is 934. The number of pyridine rings is 1. The number of fused-ring (bicyclic) bond motifs is 1. The lowest BCUT2D eigenvalue weighted by atomic mass is 10.00. The van der Waals surface area contributed by atoms with E-state index in [9.17, 15) is 4.79 Å². The molecule has 0 spiro atoms. The van der Waals surface area contributed by atoms with Crippen molar-refractivity contribution in [1.29, 1.82) is 5.26 Å². The van der Waals surface area contributed by atoms with Crippen LogP contribution in [0.5, 0.6) is 0 Å². The molecule has 0 aliphatic carbocycles. The van der Waals surface area contributed by atoms with Gasteiger partial charge >= 0.3 is 0 Å². The Balaban J connectivity index is 2.41. The van der Waals surface area contributed by atoms with Gasteiger partial charge in [-0.2, -0.15) is 5.26 Å². The van der Waals surface area contributed by atoms with Gasteiger partial charge in [-0.3, -0.25) is 4.79 Å². The monoisotopic (exact) mass is 338 g/mol. The molecule has 0 radical (unpaired) electrons. The molecule has 2 aromatic carbocycles. The van der Waals surface area contributed by atoms with Crippen LogP contribution in [-0.4, -0.2) is 4.57 Å². The largest absolute Gasteiger partial charge is 0.310 e. The zero-order chi connectivity index (χ0) is 15.0. The first-order chi connectivity index (χ1) is 10.1. The summed E-state index contributed by atoms with van der Waals surface area (Å²) in [5, 5.41) is 9.89. The maximum Gasteiger partial charge on any atom is 0.265 e. The fraction of sp³-hybridized carbons (Fsp3) is 0.0588. The molecule has 0 N–H and O–H groups in total. The Morgan fingerprint density at radius 1 is 1.10 bits per heavy atom. The van der Waals surface area contributed by atoms with E-state index in [4.69, 9.17) is 5.26 Å². The van der Waals surface area contributed by atoms with Crippen molar-refractivity contribution in [2.75, 3.05) is 0 Å². The Morgan fingerprint density at radius 3 is 2.43 bits per heavy atom. The lowest BCUT2D eigenvalue weighted by molar-refractivity contribution is 0.900. The zero-order valence-corrected chi connectivity index (χ0v) is 12.9. The summed E-state index contributed by atoms with van der Waals surface area (Å²) in [6.07, 6.45) is 0. The first-order valence-electron chi connectivity index (χ1n) is 6.41. The van der Waals surface area contributed by atoms with E-state index in [1.807, 2.05) is 36.4 Å². The number of halogens is 1. The molecule has 102 valence electrons. The molecule has 0 bridgehead atoms. The van der Waals surface area contributed by atoms with Crippen LogP contribution in [0.25, 0.3) is 22.0 Å². The van der Waals surface area contributed by atoms with Gasteiger partial charge in [-0.05, 0) is 39.7 Å². The lowest BCUT2D eigenvalue weighted by Crippen LogP contribution is -2.18. The number of benzene rings is 2. The zero-order valence-electron chi connectivity index (χ0n) is 11.3. The number of nitrogens with zero attached hydrogens (tertiary/aromatic N) is 2. The SMILES string of the molecule is Cn1c(=O)c(Br)c(-c2ccc(C#N)cc2)c2ccccc21. The minimum absolute atomic E-state index is 0.0759. The Kier molecular flexibility index (Phi) is 3.36. The summed E-state index contributed by atoms with van der Waals surface area (Å²) in [6.45, 7) is 0. The van der Waals surface area contributed by atoms with Crippen LogP contribution < -0.4 is 5.56 Å². The van der Waals surface area contributed by atoms with Gasteiger partial charge in [0.05, 0.1) is 21.6 Å². The van der Waals surface area contributed by atoms with Crippen molar-refractivity contribution in [2.45, 2.75) is 0 Å². The maximum absolute atomic E-state index is 12.4. The number of nitriles is 1. The Labute approximate surface area is 130 Å². The van der Waals surface area contributed by atoms with Gasteiger partial charge < -0.3 is 4.57 Å². The highest BCUT2D eigenvalue weighted by Gasteiger charge is 2.14. The molecule has 3 aromatic rings. The van der Waals surface area contributed by atoms with E-state index in [0.717, 1.165) is 22.0 Å². The molecule has 1 heterocycles. The molecule has 1 aromatic heterocycles. The third-order valence-corrected chi connectivity index (χ3v) is 4.28. The molecule has 21 heavy (non-hydrogen) atoms. The van der Waals surface area contributed by atoms with E-state index in [2.05, 4.69) is 22.0 Å². The summed E-state index contributed by atoms with van der Waals surface area (Å²) in [5.74, 6) is 0. The molecule has 0 atom stereocenters. The van der Waals surface area contributed by atoms with Crippen molar-refractivity contribution in [3.8, 4) is 17.2 Å². The number of para-hydroxylation sites is 1. The highest BCUT2D eigenvalue weighted by atomic mass is 79.9. The molecule has 0 amide bonds. The van der Waals surface area contributed by atoms with Crippen LogP contribution in [-0.2, 0) is 7.05 Å². The third-order valence-electron chi connectivity index (χ3n) is 3.55. The van der Waals surface area contributed by atoms with Gasteiger partial charge in [0.2, 0.25) is 0 Å². The molecule has 0 aliphatic rings. The molecule has 0 saturated heterocycles. The smallest absolute Gasteiger partial charge is 0.265 e. The van der Waals surface area contributed by atoms with E-state index in [1.54, 1.807) is 23.7 Å². The predicted molar refractivity (Wildman–Crippen MR) is 87.0 cm³/mol. The normalized spacial score (nSPS) is 10.5. The van der Waals surface area contributed by atoms with Gasteiger partial charge in [-0.1, -0.05) is 30.3 Å². The van der Waals surface area contributed by atoms with E-state index in [-0.39, 0.29) is 5.56 Å². The minimum Gasteiger partial charge on any atom is -0.310 e. The molecule has 3 rings (SSSR count). The summed E-state index contributed by atoms with van der Waals surface area (Å²) in [4.78, 5) is 12.4. The summed E-state index contributed by atoms with van der Waals surface area (Å²) in [6, 6.07) is 17.1. The van der Waals surface area contributed by atoms with Crippen molar-refractivity contribution in [3.63, 3.8) is 0 Å². The van der Waals surface area contributed by atoms with Gasteiger partial charge in [0.25, 0.3) is 5.56 Å². The molecule has 0 fully saturated rings. The third kappa shape index (κ3) is 2.16. The van der Waals surface area contributed by atoms with E-state index in [0.29, 0.717) is 10.0 Å². The second-order valence-electron chi connectivity index (χ2n) is 4.76. The summed E-state index contributed by atoms with van der Waals surface area (Å²) in [7, 11) is 1.76. The van der Waals surface area contributed by atoms with Gasteiger partial charge in [0, 0.05) is 18.0 Å². The first kappa shape index (κ1) is 13.6. The van der Waals surface area contributed by atoms with Crippen LogP contribution in [0.1, 0.15) is 5.56 Å². The van der Waals surface area contributed by atoms with Crippen molar-refractivity contribution >= 4 is 26.8 Å². The number of hydrogen-bond donors (Lipinski definition) is 0. The Hall–Kier alpha value is -2.38. The fourth-order valence-corrected chi connectivity index (χ4v) is 3.16. The summed E-state index contributed by atoms with van der Waals surface area (Å²) < 4.78 is 2.17. The number of rotatable bonds is 1. The molecule has 4 heteroatoms. The maximum atomic E-state index is 12.4. The molecular formula is C17H11BrN2O. The quantitative estimate of drug-likeness (QED) is 0.676. The van der Waals surface area contributed by atoms with Crippen molar-refractivity contribution in [2.24, 2.45) is 7.05 Å². The van der Waals surface area contributed by atoms with Crippen LogP contribution >= 0.6 is 15.9 Å². The van der Waals surface area contributed by atoms with E-state index < -0.39 is 0 Å². The van der Waals surface area contributed by atoms with Crippen LogP contribution in [0, 0.1) is 11.3 Å². The highest BCUT2D eigenvalue weighted by molar-refractivity contribution is 9.10. The van der Waals surface area contributed by atoms with Gasteiger partial charge in [0.15, 0.2) is 0 Å². The molecular weight excluding hydrogens is 328 g/mol. The van der Waals surface area contributed by atoms with Crippen LogP contribution in [0.2, 0.25) is 0 Å². The number of aryl methyl sites for hydroxylation is 1. The Morgan fingerprint density at radius 2 is 1.76 bits per heavy atom. The molecule has 3 nitrogen and oxygen atoms in total. The van der Waals surface area contributed by atoms with Crippen LogP contribution in [0.3, 0.4) is 0 Å².